The van der Waals surface area contributed by atoms with Gasteiger partial charge in [-0.15, -0.1) is 0 Å². The number of hydrogen-bond donors (Lipinski definition) is 3. The number of carboxylic acid groups (broad SMARTS) is 1. The Kier molecular flexibility index (Phi) is 4.44. The third kappa shape index (κ3) is 3.73. The molecule has 0 aliphatic carbocycles. The van der Waals surface area contributed by atoms with Gasteiger partial charge in [-0.05, 0) is 30.3 Å². The summed E-state index contributed by atoms with van der Waals surface area (Å²) >= 11 is 1.26. The molecule has 1 aromatic carbocycles. The molecule has 0 unspecified atom stereocenters. The van der Waals surface area contributed by atoms with E-state index in [1.807, 2.05) is 0 Å². The first kappa shape index (κ1) is 14.9. The minimum absolute atomic E-state index is 0.0300. The summed E-state index contributed by atoms with van der Waals surface area (Å²) in [5, 5.41) is 12.1. The van der Waals surface area contributed by atoms with E-state index in [4.69, 9.17) is 10.8 Å². The molecule has 2 aromatic rings. The van der Waals surface area contributed by atoms with Gasteiger partial charge in [-0.25, -0.2) is 9.78 Å². The van der Waals surface area contributed by atoms with Crippen molar-refractivity contribution in [2.24, 2.45) is 0 Å². The Bertz CT molecular complexity index is 686. The highest BCUT2D eigenvalue weighted by Crippen LogP contribution is 2.32. The monoisotopic (exact) mass is 303 g/mol. The molecule has 4 N–H and O–H groups in total. The smallest absolute Gasteiger partial charge is 0.337 e. The van der Waals surface area contributed by atoms with E-state index in [9.17, 15) is 9.59 Å². The average Bonchev–Trinajstić information content (AvgIpc) is 2.42. The summed E-state index contributed by atoms with van der Waals surface area (Å²) in [6, 6.07) is 8.46. The second-order valence-corrected chi connectivity index (χ2v) is 5.25. The van der Waals surface area contributed by atoms with Gasteiger partial charge in [-0.3, -0.25) is 4.79 Å². The Hall–Kier alpha value is -2.54. The zero-order valence-corrected chi connectivity index (χ0v) is 12.0. The van der Waals surface area contributed by atoms with E-state index in [1.165, 1.54) is 30.9 Å². The summed E-state index contributed by atoms with van der Waals surface area (Å²) in [7, 11) is 0. The van der Waals surface area contributed by atoms with Crippen molar-refractivity contribution >= 4 is 35.0 Å². The van der Waals surface area contributed by atoms with Crippen LogP contribution in [0.25, 0.3) is 0 Å². The number of rotatable bonds is 4. The second-order valence-electron chi connectivity index (χ2n) is 4.19. The minimum atomic E-state index is -1.09. The maximum absolute atomic E-state index is 11.0. The molecule has 7 heteroatoms. The van der Waals surface area contributed by atoms with E-state index in [0.717, 1.165) is 4.90 Å². The predicted molar refractivity (Wildman–Crippen MR) is 80.5 cm³/mol. The Morgan fingerprint density at radius 3 is 2.48 bits per heavy atom. The highest BCUT2D eigenvalue weighted by molar-refractivity contribution is 7.99. The molecule has 108 valence electrons. The van der Waals surface area contributed by atoms with E-state index >= 15 is 0 Å². The fourth-order valence-electron chi connectivity index (χ4n) is 1.64. The largest absolute Gasteiger partial charge is 0.478 e. The number of nitrogens with zero attached hydrogens (tertiary/aromatic N) is 1. The number of amides is 1. The number of carbonyl (C=O) groups excluding carboxylic acids is 1. The first-order valence-electron chi connectivity index (χ1n) is 6.00. The third-order valence-electron chi connectivity index (χ3n) is 2.57. The molecule has 0 aliphatic rings. The summed E-state index contributed by atoms with van der Waals surface area (Å²) in [5.74, 6) is -1.23. The summed E-state index contributed by atoms with van der Waals surface area (Å²) in [6.45, 7) is 1.44. The fraction of sp³-hybridized carbons (Fsp3) is 0.0714. The number of nitrogen functional groups attached to an aromatic ring is 1. The Labute approximate surface area is 125 Å². The van der Waals surface area contributed by atoms with E-state index in [2.05, 4.69) is 10.3 Å². The lowest BCUT2D eigenvalue weighted by Gasteiger charge is -2.07. The van der Waals surface area contributed by atoms with Crippen molar-refractivity contribution in [2.75, 3.05) is 11.1 Å². The summed E-state index contributed by atoms with van der Waals surface area (Å²) < 4.78 is 0. The third-order valence-corrected chi connectivity index (χ3v) is 3.60. The summed E-state index contributed by atoms with van der Waals surface area (Å²) in [4.78, 5) is 26.9. The maximum atomic E-state index is 11.0. The zero-order valence-electron chi connectivity index (χ0n) is 11.2. The van der Waals surface area contributed by atoms with Crippen molar-refractivity contribution in [2.45, 2.75) is 16.8 Å². The Morgan fingerprint density at radius 2 is 1.90 bits per heavy atom. The van der Waals surface area contributed by atoms with Crippen LogP contribution < -0.4 is 11.1 Å². The van der Waals surface area contributed by atoms with Gasteiger partial charge < -0.3 is 16.2 Å². The van der Waals surface area contributed by atoms with Crippen molar-refractivity contribution < 1.29 is 14.7 Å². The molecule has 21 heavy (non-hydrogen) atoms. The van der Waals surface area contributed by atoms with Crippen LogP contribution >= 0.6 is 11.8 Å². The number of aromatic nitrogens is 1. The molecule has 0 saturated heterocycles. The number of pyridine rings is 1. The normalized spacial score (nSPS) is 10.1. The quantitative estimate of drug-likeness (QED) is 0.801. The number of benzene rings is 1. The van der Waals surface area contributed by atoms with Crippen LogP contribution in [0.5, 0.6) is 0 Å². The van der Waals surface area contributed by atoms with Crippen LogP contribution in [0.4, 0.5) is 11.4 Å². The van der Waals surface area contributed by atoms with E-state index in [1.54, 1.807) is 24.3 Å². The lowest BCUT2D eigenvalue weighted by molar-refractivity contribution is -0.114. The van der Waals surface area contributed by atoms with Crippen LogP contribution in [-0.2, 0) is 4.79 Å². The van der Waals surface area contributed by atoms with Crippen LogP contribution in [0.2, 0.25) is 0 Å². The number of carbonyl (C=O) groups is 2. The Balaban J connectivity index is 2.20. The van der Waals surface area contributed by atoms with Gasteiger partial charge in [-0.1, -0.05) is 11.8 Å². The standard InChI is InChI=1S/C14H13N3O3S/c1-8(18)17-9-2-4-10(5-3-9)21-13-12(15)11(14(19)20)6-7-16-13/h2-7H,15H2,1H3,(H,17,18)(H,19,20). The predicted octanol–water partition coefficient (Wildman–Crippen LogP) is 2.47. The summed E-state index contributed by atoms with van der Waals surface area (Å²) in [5.41, 5.74) is 6.66. The average molecular weight is 303 g/mol. The van der Waals surface area contributed by atoms with Gasteiger partial charge in [0.1, 0.15) is 5.03 Å². The van der Waals surface area contributed by atoms with Crippen LogP contribution in [0, 0.1) is 0 Å². The van der Waals surface area contributed by atoms with Gasteiger partial charge in [0.25, 0.3) is 0 Å². The molecule has 0 aliphatic heterocycles. The van der Waals surface area contributed by atoms with E-state index in [0.29, 0.717) is 10.7 Å². The molecule has 1 heterocycles. The zero-order chi connectivity index (χ0) is 15.4. The molecule has 0 atom stereocenters. The molecule has 0 bridgehead atoms. The van der Waals surface area contributed by atoms with Crippen LogP contribution in [0.3, 0.4) is 0 Å². The minimum Gasteiger partial charge on any atom is -0.478 e. The molecule has 0 fully saturated rings. The number of hydrogen-bond acceptors (Lipinski definition) is 5. The van der Waals surface area contributed by atoms with Gasteiger partial charge in [-0.2, -0.15) is 0 Å². The van der Waals surface area contributed by atoms with Crippen molar-refractivity contribution in [1.82, 2.24) is 4.98 Å². The molecule has 0 saturated carbocycles. The van der Waals surface area contributed by atoms with E-state index in [-0.39, 0.29) is 17.2 Å². The fourth-order valence-corrected chi connectivity index (χ4v) is 2.47. The topological polar surface area (TPSA) is 105 Å². The lowest BCUT2D eigenvalue weighted by Crippen LogP contribution is -2.05. The highest BCUT2D eigenvalue weighted by atomic mass is 32.2. The molecule has 0 spiro atoms. The molecule has 1 aromatic heterocycles. The maximum Gasteiger partial charge on any atom is 0.337 e. The highest BCUT2D eigenvalue weighted by Gasteiger charge is 2.13. The molecular weight excluding hydrogens is 290 g/mol. The van der Waals surface area contributed by atoms with Crippen molar-refractivity contribution in [3.8, 4) is 0 Å². The Morgan fingerprint density at radius 1 is 1.24 bits per heavy atom. The number of nitrogens with two attached hydrogens (primary N) is 1. The lowest BCUT2D eigenvalue weighted by atomic mass is 10.2. The first-order chi connectivity index (χ1) is 9.97. The van der Waals surface area contributed by atoms with Crippen molar-refractivity contribution in [3.63, 3.8) is 0 Å². The van der Waals surface area contributed by atoms with E-state index < -0.39 is 5.97 Å². The number of anilines is 2. The van der Waals surface area contributed by atoms with Crippen LogP contribution in [-0.4, -0.2) is 22.0 Å². The van der Waals surface area contributed by atoms with Gasteiger partial charge in [0.15, 0.2) is 0 Å². The second kappa shape index (κ2) is 6.27. The summed E-state index contributed by atoms with van der Waals surface area (Å²) in [6.07, 6.45) is 1.41. The number of nitrogens with one attached hydrogen (secondary N) is 1. The number of aromatic carboxylic acids is 1. The van der Waals surface area contributed by atoms with Crippen LogP contribution in [0.1, 0.15) is 17.3 Å². The molecule has 1 amide bonds. The van der Waals surface area contributed by atoms with Gasteiger partial charge in [0, 0.05) is 23.7 Å². The number of carboxylic acids is 1. The van der Waals surface area contributed by atoms with Gasteiger partial charge in [0.05, 0.1) is 11.3 Å². The van der Waals surface area contributed by atoms with Crippen molar-refractivity contribution in [3.05, 3.63) is 42.1 Å². The van der Waals surface area contributed by atoms with Gasteiger partial charge in [0.2, 0.25) is 5.91 Å². The molecular formula is C14H13N3O3S. The molecule has 0 radical (unpaired) electrons. The van der Waals surface area contributed by atoms with Crippen molar-refractivity contribution in [1.29, 1.82) is 0 Å². The SMILES string of the molecule is CC(=O)Nc1ccc(Sc2nccc(C(=O)O)c2N)cc1. The van der Waals surface area contributed by atoms with Crippen LogP contribution in [0.15, 0.2) is 46.5 Å². The van der Waals surface area contributed by atoms with Gasteiger partial charge >= 0.3 is 5.97 Å². The molecule has 6 nitrogen and oxygen atoms in total. The molecule has 2 rings (SSSR count). The first-order valence-corrected chi connectivity index (χ1v) is 6.82.